The monoisotopic (exact) mass is 405 g/mol. The molecule has 0 atom stereocenters. The maximum absolute atomic E-state index is 12.2. The Balaban J connectivity index is 1.45. The second-order valence-electron chi connectivity index (χ2n) is 6.07. The maximum Gasteiger partial charge on any atom is 0.422 e. The fourth-order valence-electron chi connectivity index (χ4n) is 2.40. The van der Waals surface area contributed by atoms with Crippen molar-refractivity contribution < 1.29 is 22.7 Å². The van der Waals surface area contributed by atoms with Gasteiger partial charge in [-0.3, -0.25) is 0 Å². The zero-order chi connectivity index (χ0) is 20.7. The van der Waals surface area contributed by atoms with Gasteiger partial charge in [0, 0.05) is 37.1 Å². The van der Waals surface area contributed by atoms with Gasteiger partial charge < -0.3 is 15.4 Å². The first-order chi connectivity index (χ1) is 13.9. The quantitative estimate of drug-likeness (QED) is 0.633. The molecule has 1 aromatic carbocycles. The molecule has 0 unspecified atom stereocenters. The molecule has 0 aliphatic rings. The van der Waals surface area contributed by atoms with E-state index < -0.39 is 18.8 Å². The second kappa shape index (κ2) is 9.09. The molecule has 0 saturated heterocycles. The molecule has 2 amide bonds. The molecule has 10 heteroatoms. The lowest BCUT2D eigenvalue weighted by Gasteiger charge is -2.10. The predicted octanol–water partition coefficient (Wildman–Crippen LogP) is 3.21. The molecule has 0 bridgehead atoms. The predicted molar refractivity (Wildman–Crippen MR) is 98.4 cm³/mol. The molecule has 3 aromatic rings. The van der Waals surface area contributed by atoms with Crippen LogP contribution in [0.3, 0.4) is 0 Å². The lowest BCUT2D eigenvalue weighted by atomic mass is 10.2. The highest BCUT2D eigenvalue weighted by Crippen LogP contribution is 2.17. The Labute approximate surface area is 164 Å². The van der Waals surface area contributed by atoms with Crippen LogP contribution in [0.5, 0.6) is 5.88 Å². The zero-order valence-corrected chi connectivity index (χ0v) is 15.2. The average Bonchev–Trinajstić information content (AvgIpc) is 3.19. The summed E-state index contributed by atoms with van der Waals surface area (Å²) < 4.78 is 42.9. The van der Waals surface area contributed by atoms with E-state index >= 15 is 0 Å². The highest BCUT2D eigenvalue weighted by atomic mass is 19.4. The van der Waals surface area contributed by atoms with Crippen molar-refractivity contribution in [3.05, 3.63) is 72.2 Å². The second-order valence-corrected chi connectivity index (χ2v) is 6.07. The van der Waals surface area contributed by atoms with E-state index in [1.807, 2.05) is 36.5 Å². The molecule has 2 N–H and O–H groups in total. The zero-order valence-electron chi connectivity index (χ0n) is 15.2. The van der Waals surface area contributed by atoms with Crippen LogP contribution in [0.2, 0.25) is 0 Å². The number of rotatable bonds is 7. The third-order valence-electron chi connectivity index (χ3n) is 3.75. The van der Waals surface area contributed by atoms with E-state index in [-0.39, 0.29) is 19.0 Å². The lowest BCUT2D eigenvalue weighted by Crippen LogP contribution is -2.34. The molecular formula is C19H18F3N5O2. The molecule has 0 fully saturated rings. The summed E-state index contributed by atoms with van der Waals surface area (Å²) in [5.41, 5.74) is 2.28. The Morgan fingerprint density at radius 2 is 1.79 bits per heavy atom. The van der Waals surface area contributed by atoms with E-state index in [4.69, 9.17) is 0 Å². The summed E-state index contributed by atoms with van der Waals surface area (Å²) in [7, 11) is 0. The van der Waals surface area contributed by atoms with Gasteiger partial charge in [-0.15, -0.1) is 0 Å². The Kier molecular flexibility index (Phi) is 6.32. The van der Waals surface area contributed by atoms with E-state index in [2.05, 4.69) is 25.5 Å². The van der Waals surface area contributed by atoms with Crippen molar-refractivity contribution in [2.75, 3.05) is 6.61 Å². The topological polar surface area (TPSA) is 81.1 Å². The highest BCUT2D eigenvalue weighted by molar-refractivity contribution is 5.73. The number of pyridine rings is 1. The molecule has 152 valence electrons. The van der Waals surface area contributed by atoms with Gasteiger partial charge in [0.15, 0.2) is 6.61 Å². The number of nitrogens with one attached hydrogen (secondary N) is 2. The number of urea groups is 1. The first-order valence-electron chi connectivity index (χ1n) is 8.64. The third kappa shape index (κ3) is 6.52. The number of aromatic nitrogens is 3. The fraction of sp³-hybridized carbons (Fsp3) is 0.211. The van der Waals surface area contributed by atoms with Gasteiger partial charge in [0.05, 0.1) is 11.9 Å². The summed E-state index contributed by atoms with van der Waals surface area (Å²) in [6.45, 7) is -1.04. The number of alkyl halides is 3. The number of carbonyl (C=O) groups is 1. The largest absolute Gasteiger partial charge is 0.468 e. The van der Waals surface area contributed by atoms with Crippen molar-refractivity contribution >= 4 is 6.03 Å². The minimum atomic E-state index is -4.44. The molecule has 3 rings (SSSR count). The van der Waals surface area contributed by atoms with Crippen LogP contribution < -0.4 is 15.4 Å². The number of ether oxygens (including phenoxy) is 1. The molecule has 0 aliphatic carbocycles. The molecule has 0 spiro atoms. The van der Waals surface area contributed by atoms with Crippen molar-refractivity contribution in [3.63, 3.8) is 0 Å². The van der Waals surface area contributed by atoms with Crippen LogP contribution >= 0.6 is 0 Å². The number of amides is 2. The first kappa shape index (κ1) is 20.2. The van der Waals surface area contributed by atoms with Crippen LogP contribution in [-0.2, 0) is 13.1 Å². The van der Waals surface area contributed by atoms with E-state index in [0.29, 0.717) is 5.56 Å². The highest BCUT2D eigenvalue weighted by Gasteiger charge is 2.28. The molecule has 29 heavy (non-hydrogen) atoms. The summed E-state index contributed by atoms with van der Waals surface area (Å²) in [6.07, 6.45) is 0.339. The van der Waals surface area contributed by atoms with Crippen molar-refractivity contribution in [2.24, 2.45) is 0 Å². The number of hydrogen-bond donors (Lipinski definition) is 2. The van der Waals surface area contributed by atoms with Crippen molar-refractivity contribution in [1.29, 1.82) is 0 Å². The van der Waals surface area contributed by atoms with Crippen molar-refractivity contribution in [2.45, 2.75) is 19.3 Å². The van der Waals surface area contributed by atoms with E-state index in [9.17, 15) is 18.0 Å². The van der Waals surface area contributed by atoms with Crippen molar-refractivity contribution in [3.8, 4) is 11.6 Å². The van der Waals surface area contributed by atoms with Crippen LogP contribution in [0, 0.1) is 0 Å². The molecule has 2 aromatic heterocycles. The molecule has 7 nitrogen and oxygen atoms in total. The standard InChI is InChI=1S/C19H18F3N5O2/c20-19(21,22)13-29-17-8-14(6-7-23-17)9-24-18(28)25-10-15-11-26-27(12-15)16-4-2-1-3-5-16/h1-8,11-12H,9-10,13H2,(H2,24,25,28). The van der Waals surface area contributed by atoms with E-state index in [1.165, 1.54) is 12.3 Å². The van der Waals surface area contributed by atoms with Gasteiger partial charge in [0.1, 0.15) is 0 Å². The number of para-hydroxylation sites is 1. The average molecular weight is 405 g/mol. The molecule has 2 heterocycles. The molecule has 0 aliphatic heterocycles. The number of hydrogen-bond acceptors (Lipinski definition) is 4. The van der Waals surface area contributed by atoms with Crippen LogP contribution in [0.1, 0.15) is 11.1 Å². The van der Waals surface area contributed by atoms with Gasteiger partial charge in [0.2, 0.25) is 5.88 Å². The Bertz CT molecular complexity index is 944. The van der Waals surface area contributed by atoms with E-state index in [0.717, 1.165) is 11.3 Å². The smallest absolute Gasteiger partial charge is 0.422 e. The third-order valence-corrected chi connectivity index (χ3v) is 3.75. The minimum Gasteiger partial charge on any atom is -0.468 e. The summed E-state index contributed by atoms with van der Waals surface area (Å²) in [4.78, 5) is 15.7. The van der Waals surface area contributed by atoms with Gasteiger partial charge in [0.25, 0.3) is 0 Å². The van der Waals surface area contributed by atoms with E-state index in [1.54, 1.807) is 16.9 Å². The van der Waals surface area contributed by atoms with Gasteiger partial charge in [-0.1, -0.05) is 18.2 Å². The normalized spacial score (nSPS) is 11.1. The number of halogens is 3. The van der Waals surface area contributed by atoms with Crippen LogP contribution in [0.15, 0.2) is 61.1 Å². The molecule has 0 saturated carbocycles. The Hall–Kier alpha value is -3.56. The van der Waals surface area contributed by atoms with Gasteiger partial charge in [-0.2, -0.15) is 18.3 Å². The summed E-state index contributed by atoms with van der Waals surface area (Å²) >= 11 is 0. The van der Waals surface area contributed by atoms with Crippen LogP contribution in [0.4, 0.5) is 18.0 Å². The number of carbonyl (C=O) groups excluding carboxylic acids is 1. The Morgan fingerprint density at radius 3 is 2.52 bits per heavy atom. The lowest BCUT2D eigenvalue weighted by molar-refractivity contribution is -0.154. The number of nitrogens with zero attached hydrogens (tertiary/aromatic N) is 3. The maximum atomic E-state index is 12.2. The summed E-state index contributed by atoms with van der Waals surface area (Å²) in [6, 6.07) is 12.0. The van der Waals surface area contributed by atoms with Crippen molar-refractivity contribution in [1.82, 2.24) is 25.4 Å². The Morgan fingerprint density at radius 1 is 1.07 bits per heavy atom. The summed E-state index contributed by atoms with van der Waals surface area (Å²) in [5.74, 6) is -0.157. The minimum absolute atomic E-state index is 0.111. The van der Waals surface area contributed by atoms with Gasteiger partial charge >= 0.3 is 12.2 Å². The van der Waals surface area contributed by atoms with Gasteiger partial charge in [-0.25, -0.2) is 14.5 Å². The molecule has 0 radical (unpaired) electrons. The first-order valence-corrected chi connectivity index (χ1v) is 8.64. The number of benzene rings is 1. The van der Waals surface area contributed by atoms with Crippen LogP contribution in [0.25, 0.3) is 5.69 Å². The van der Waals surface area contributed by atoms with Crippen LogP contribution in [-0.4, -0.2) is 33.6 Å². The van der Waals surface area contributed by atoms with Gasteiger partial charge in [-0.05, 0) is 23.8 Å². The molecular weight excluding hydrogens is 387 g/mol. The summed E-state index contributed by atoms with van der Waals surface area (Å²) in [5, 5.41) is 9.57. The SMILES string of the molecule is O=C(NCc1ccnc(OCC(F)(F)F)c1)NCc1cnn(-c2ccccc2)c1. The fourth-order valence-corrected chi connectivity index (χ4v) is 2.40.